The summed E-state index contributed by atoms with van der Waals surface area (Å²) in [7, 11) is -1.88. The first-order valence-electron chi connectivity index (χ1n) is 5.75. The molecule has 0 amide bonds. The van der Waals surface area contributed by atoms with Gasteiger partial charge in [-0.05, 0) is 30.7 Å². The second-order valence-electron chi connectivity index (χ2n) is 4.05. The molecular formula is C13H15N3O2S. The first kappa shape index (κ1) is 13.4. The van der Waals surface area contributed by atoms with Crippen LogP contribution in [-0.4, -0.2) is 20.4 Å². The third-order valence-electron chi connectivity index (χ3n) is 2.69. The van der Waals surface area contributed by atoms with E-state index in [0.717, 1.165) is 5.56 Å². The SMILES string of the molecule is CNc1ccc(S(=O)(=O)Nc2ccccc2C)cn1. The normalized spacial score (nSPS) is 11.1. The zero-order valence-electron chi connectivity index (χ0n) is 10.7. The Bertz CT molecular complexity index is 667. The molecule has 5 nitrogen and oxygen atoms in total. The molecule has 19 heavy (non-hydrogen) atoms. The van der Waals surface area contributed by atoms with E-state index in [1.807, 2.05) is 19.1 Å². The summed E-state index contributed by atoms with van der Waals surface area (Å²) < 4.78 is 26.9. The number of sulfonamides is 1. The fraction of sp³-hybridized carbons (Fsp3) is 0.154. The molecule has 1 aromatic carbocycles. The van der Waals surface area contributed by atoms with Gasteiger partial charge in [0.1, 0.15) is 10.7 Å². The molecule has 0 unspecified atom stereocenters. The molecule has 0 saturated carbocycles. The molecule has 0 bridgehead atoms. The van der Waals surface area contributed by atoms with E-state index in [1.165, 1.54) is 12.3 Å². The molecule has 6 heteroatoms. The van der Waals surface area contributed by atoms with Crippen LogP contribution in [0.1, 0.15) is 5.56 Å². The minimum Gasteiger partial charge on any atom is -0.373 e. The lowest BCUT2D eigenvalue weighted by atomic mass is 10.2. The van der Waals surface area contributed by atoms with E-state index in [0.29, 0.717) is 11.5 Å². The van der Waals surface area contributed by atoms with Crippen LogP contribution in [0.4, 0.5) is 11.5 Å². The zero-order chi connectivity index (χ0) is 13.9. The van der Waals surface area contributed by atoms with Crippen molar-refractivity contribution >= 4 is 21.5 Å². The van der Waals surface area contributed by atoms with Crippen LogP contribution in [0, 0.1) is 6.92 Å². The number of para-hydroxylation sites is 1. The van der Waals surface area contributed by atoms with Gasteiger partial charge in [0.05, 0.1) is 5.69 Å². The Kier molecular flexibility index (Phi) is 3.71. The highest BCUT2D eigenvalue weighted by Crippen LogP contribution is 2.19. The third-order valence-corrected chi connectivity index (χ3v) is 4.04. The van der Waals surface area contributed by atoms with Crippen molar-refractivity contribution in [2.75, 3.05) is 17.1 Å². The van der Waals surface area contributed by atoms with Crippen LogP contribution >= 0.6 is 0 Å². The lowest BCUT2D eigenvalue weighted by Gasteiger charge is -2.10. The highest BCUT2D eigenvalue weighted by Gasteiger charge is 2.15. The van der Waals surface area contributed by atoms with Crippen LogP contribution in [0.15, 0.2) is 47.5 Å². The Balaban J connectivity index is 2.30. The lowest BCUT2D eigenvalue weighted by molar-refractivity contribution is 0.601. The van der Waals surface area contributed by atoms with Crippen molar-refractivity contribution in [2.45, 2.75) is 11.8 Å². The zero-order valence-corrected chi connectivity index (χ0v) is 11.5. The van der Waals surface area contributed by atoms with E-state index < -0.39 is 10.0 Å². The van der Waals surface area contributed by atoms with E-state index in [-0.39, 0.29) is 4.90 Å². The Morgan fingerprint density at radius 2 is 1.84 bits per heavy atom. The predicted molar refractivity (Wildman–Crippen MR) is 75.8 cm³/mol. The van der Waals surface area contributed by atoms with Gasteiger partial charge >= 0.3 is 0 Å². The molecule has 0 radical (unpaired) electrons. The number of pyridine rings is 1. The van der Waals surface area contributed by atoms with Gasteiger partial charge in [-0.25, -0.2) is 13.4 Å². The van der Waals surface area contributed by atoms with Crippen LogP contribution in [0.2, 0.25) is 0 Å². The van der Waals surface area contributed by atoms with E-state index in [4.69, 9.17) is 0 Å². The maximum absolute atomic E-state index is 12.2. The second-order valence-corrected chi connectivity index (χ2v) is 5.73. The quantitative estimate of drug-likeness (QED) is 0.899. The maximum atomic E-state index is 12.2. The summed E-state index contributed by atoms with van der Waals surface area (Å²) in [6.07, 6.45) is 1.33. The van der Waals surface area contributed by atoms with Crippen molar-refractivity contribution < 1.29 is 8.42 Å². The molecule has 0 fully saturated rings. The fourth-order valence-corrected chi connectivity index (χ4v) is 2.65. The summed E-state index contributed by atoms with van der Waals surface area (Å²) in [4.78, 5) is 4.13. The topological polar surface area (TPSA) is 71.1 Å². The maximum Gasteiger partial charge on any atom is 0.263 e. The molecule has 2 N–H and O–H groups in total. The fourth-order valence-electron chi connectivity index (χ4n) is 1.58. The predicted octanol–water partition coefficient (Wildman–Crippen LogP) is 2.23. The van der Waals surface area contributed by atoms with Gasteiger partial charge in [-0.2, -0.15) is 0 Å². The average molecular weight is 277 g/mol. The summed E-state index contributed by atoms with van der Waals surface area (Å²) in [5.41, 5.74) is 1.44. The molecule has 1 aromatic heterocycles. The first-order valence-corrected chi connectivity index (χ1v) is 7.23. The third kappa shape index (κ3) is 3.03. The van der Waals surface area contributed by atoms with Crippen LogP contribution in [0.5, 0.6) is 0 Å². The number of hydrogen-bond acceptors (Lipinski definition) is 4. The molecule has 2 rings (SSSR count). The van der Waals surface area contributed by atoms with Crippen LogP contribution < -0.4 is 10.0 Å². The number of rotatable bonds is 4. The summed E-state index contributed by atoms with van der Waals surface area (Å²) in [5, 5.41) is 2.84. The Morgan fingerprint density at radius 1 is 1.11 bits per heavy atom. The van der Waals surface area contributed by atoms with Crippen LogP contribution in [0.3, 0.4) is 0 Å². The summed E-state index contributed by atoms with van der Waals surface area (Å²) in [6, 6.07) is 10.3. The van der Waals surface area contributed by atoms with Crippen molar-refractivity contribution in [3.05, 3.63) is 48.2 Å². The summed E-state index contributed by atoms with van der Waals surface area (Å²) in [6.45, 7) is 1.85. The molecule has 1 heterocycles. The molecule has 0 saturated heterocycles. The highest BCUT2D eigenvalue weighted by molar-refractivity contribution is 7.92. The van der Waals surface area contributed by atoms with Crippen LogP contribution in [0.25, 0.3) is 0 Å². The molecule has 2 aromatic rings. The molecule has 100 valence electrons. The molecule has 0 aliphatic heterocycles. The van der Waals surface area contributed by atoms with Gasteiger partial charge in [0.2, 0.25) is 0 Å². The Morgan fingerprint density at radius 3 is 2.42 bits per heavy atom. The number of hydrogen-bond donors (Lipinski definition) is 2. The van der Waals surface area contributed by atoms with E-state index >= 15 is 0 Å². The molecule has 0 aliphatic carbocycles. The van der Waals surface area contributed by atoms with Gasteiger partial charge in [-0.15, -0.1) is 0 Å². The Hall–Kier alpha value is -2.08. The minimum atomic E-state index is -3.60. The van der Waals surface area contributed by atoms with Gasteiger partial charge in [0.15, 0.2) is 0 Å². The monoisotopic (exact) mass is 277 g/mol. The standard InChI is InChI=1S/C13H15N3O2S/c1-10-5-3-4-6-12(10)16-19(17,18)11-7-8-13(14-2)15-9-11/h3-9,16H,1-2H3,(H,14,15). The van der Waals surface area contributed by atoms with E-state index in [2.05, 4.69) is 15.0 Å². The minimum absolute atomic E-state index is 0.134. The van der Waals surface area contributed by atoms with Crippen molar-refractivity contribution in [3.63, 3.8) is 0 Å². The van der Waals surface area contributed by atoms with E-state index in [9.17, 15) is 8.42 Å². The van der Waals surface area contributed by atoms with E-state index in [1.54, 1.807) is 25.2 Å². The number of aromatic nitrogens is 1. The number of nitrogens with zero attached hydrogens (tertiary/aromatic N) is 1. The van der Waals surface area contributed by atoms with Crippen molar-refractivity contribution in [3.8, 4) is 0 Å². The second kappa shape index (κ2) is 5.27. The molecule has 0 aliphatic rings. The summed E-state index contributed by atoms with van der Waals surface area (Å²) in [5.74, 6) is 0.620. The van der Waals surface area contributed by atoms with Gasteiger partial charge in [0.25, 0.3) is 10.0 Å². The number of nitrogens with one attached hydrogen (secondary N) is 2. The summed E-state index contributed by atoms with van der Waals surface area (Å²) >= 11 is 0. The largest absolute Gasteiger partial charge is 0.373 e. The average Bonchev–Trinajstić information content (AvgIpc) is 2.41. The highest BCUT2D eigenvalue weighted by atomic mass is 32.2. The van der Waals surface area contributed by atoms with Crippen molar-refractivity contribution in [1.82, 2.24) is 4.98 Å². The number of anilines is 2. The van der Waals surface area contributed by atoms with Gasteiger partial charge in [-0.1, -0.05) is 18.2 Å². The number of aryl methyl sites for hydroxylation is 1. The number of benzene rings is 1. The molecular weight excluding hydrogens is 262 g/mol. The van der Waals surface area contributed by atoms with Gasteiger partial charge in [0, 0.05) is 13.2 Å². The van der Waals surface area contributed by atoms with Gasteiger partial charge in [-0.3, -0.25) is 4.72 Å². The van der Waals surface area contributed by atoms with Gasteiger partial charge < -0.3 is 5.32 Å². The smallest absolute Gasteiger partial charge is 0.263 e. The van der Waals surface area contributed by atoms with Crippen LogP contribution in [-0.2, 0) is 10.0 Å². The molecule has 0 spiro atoms. The molecule has 0 atom stereocenters. The van der Waals surface area contributed by atoms with Crippen molar-refractivity contribution in [1.29, 1.82) is 0 Å². The van der Waals surface area contributed by atoms with Crippen molar-refractivity contribution in [2.24, 2.45) is 0 Å². The lowest BCUT2D eigenvalue weighted by Crippen LogP contribution is -2.14. The Labute approximate surface area is 112 Å². The first-order chi connectivity index (χ1) is 9.03.